The van der Waals surface area contributed by atoms with Gasteiger partial charge in [0.15, 0.2) is 0 Å². The van der Waals surface area contributed by atoms with Gasteiger partial charge in [-0.25, -0.2) is 4.79 Å². The van der Waals surface area contributed by atoms with Crippen molar-refractivity contribution in [3.8, 4) is 11.3 Å². The van der Waals surface area contributed by atoms with Crippen molar-refractivity contribution < 1.29 is 14.3 Å². The van der Waals surface area contributed by atoms with Gasteiger partial charge in [-0.05, 0) is 42.7 Å². The second-order valence-electron chi connectivity index (χ2n) is 6.51. The largest absolute Gasteiger partial charge is 0.453 e. The Labute approximate surface area is 157 Å². The molecule has 4 N–H and O–H groups in total. The van der Waals surface area contributed by atoms with E-state index in [4.69, 9.17) is 5.73 Å². The fraction of sp³-hybridized carbons (Fsp3) is 0.368. The summed E-state index contributed by atoms with van der Waals surface area (Å²) < 4.78 is 4.62. The van der Waals surface area contributed by atoms with Crippen molar-refractivity contribution in [1.29, 1.82) is 0 Å². The van der Waals surface area contributed by atoms with E-state index in [1.807, 2.05) is 6.07 Å². The summed E-state index contributed by atoms with van der Waals surface area (Å²) in [6.45, 7) is 0. The van der Waals surface area contributed by atoms with Crippen molar-refractivity contribution >= 4 is 23.4 Å². The van der Waals surface area contributed by atoms with E-state index in [9.17, 15) is 9.59 Å². The summed E-state index contributed by atoms with van der Waals surface area (Å²) in [7, 11) is 1.29. The number of nitrogens with one attached hydrogen (secondary N) is 2. The normalized spacial score (nSPS) is 17.4. The van der Waals surface area contributed by atoms with Crippen LogP contribution >= 0.6 is 0 Å². The van der Waals surface area contributed by atoms with Crippen molar-refractivity contribution in [1.82, 2.24) is 10.2 Å². The Morgan fingerprint density at radius 2 is 2.15 bits per heavy atom. The van der Waals surface area contributed by atoms with Gasteiger partial charge in [-0.1, -0.05) is 12.8 Å². The molecular formula is C19H23N5O3. The zero-order chi connectivity index (χ0) is 19.2. The highest BCUT2D eigenvalue weighted by Crippen LogP contribution is 2.31. The minimum atomic E-state index is -0.585. The van der Waals surface area contributed by atoms with Crippen LogP contribution in [0.3, 0.4) is 0 Å². The number of nitrogens with zero attached hydrogens (tertiary/aromatic N) is 2. The molecule has 8 heteroatoms. The smallest absolute Gasteiger partial charge is 0.411 e. The molecular weight excluding hydrogens is 346 g/mol. The molecule has 1 aliphatic rings. The summed E-state index contributed by atoms with van der Waals surface area (Å²) in [5, 5.41) is 13.8. The number of anilines is 2. The molecule has 1 unspecified atom stereocenters. The number of hydrogen-bond donors (Lipinski definition) is 3. The molecule has 1 aromatic carbocycles. The Morgan fingerprint density at radius 1 is 1.30 bits per heavy atom. The molecule has 2 bridgehead atoms. The lowest BCUT2D eigenvalue weighted by atomic mass is 10.0. The maximum Gasteiger partial charge on any atom is 0.411 e. The number of rotatable bonds is 1. The molecule has 1 atom stereocenters. The Hall–Kier alpha value is -3.00. The van der Waals surface area contributed by atoms with Crippen LogP contribution < -0.4 is 16.4 Å². The average Bonchev–Trinajstić information content (AvgIpc) is 2.67. The van der Waals surface area contributed by atoms with E-state index in [1.165, 1.54) is 7.11 Å². The predicted octanol–water partition coefficient (Wildman–Crippen LogP) is 3.22. The number of methoxy groups -OCH3 is 1. The van der Waals surface area contributed by atoms with Gasteiger partial charge >= 0.3 is 6.09 Å². The van der Waals surface area contributed by atoms with Gasteiger partial charge in [-0.15, -0.1) is 0 Å². The number of ether oxygens (including phenoxy) is 1. The molecule has 1 aromatic heterocycles. The van der Waals surface area contributed by atoms with Crippen LogP contribution in [-0.2, 0) is 9.53 Å². The molecule has 2 aromatic rings. The number of carbonyl (C=O) groups excluding carboxylic acids is 2. The zero-order valence-corrected chi connectivity index (χ0v) is 15.2. The first-order chi connectivity index (χ1) is 13.1. The number of fused-ring (bicyclic) bond motifs is 4. The Bertz CT molecular complexity index is 840. The van der Waals surface area contributed by atoms with Crippen LogP contribution in [0, 0.1) is 0 Å². The highest BCUT2D eigenvalue weighted by molar-refractivity contribution is 5.97. The van der Waals surface area contributed by atoms with Crippen LogP contribution in [0.1, 0.15) is 43.7 Å². The lowest BCUT2D eigenvalue weighted by molar-refractivity contribution is -0.116. The van der Waals surface area contributed by atoms with Crippen molar-refractivity contribution in [3.05, 3.63) is 36.0 Å². The van der Waals surface area contributed by atoms with Crippen LogP contribution in [0.15, 0.2) is 30.5 Å². The van der Waals surface area contributed by atoms with Crippen LogP contribution in [0.2, 0.25) is 0 Å². The molecule has 27 heavy (non-hydrogen) atoms. The summed E-state index contributed by atoms with van der Waals surface area (Å²) in [6.07, 6.45) is 5.03. The standard InChI is InChI=1S/C19H23N5O3/c1-27-19(26)22-13-7-8-14-16(10-13)23-18(25)6-4-2-3-5-15(20)12-9-17(14)24-21-11-12/h7-11,15H,2-6,20H2,1H3,(H,22,26)(H,23,25). The Kier molecular flexibility index (Phi) is 5.97. The molecule has 0 saturated heterocycles. The van der Waals surface area contributed by atoms with E-state index in [-0.39, 0.29) is 11.9 Å². The van der Waals surface area contributed by atoms with E-state index in [1.54, 1.807) is 24.4 Å². The highest BCUT2D eigenvalue weighted by Gasteiger charge is 2.16. The van der Waals surface area contributed by atoms with Crippen LogP contribution in [-0.4, -0.2) is 29.3 Å². The minimum Gasteiger partial charge on any atom is -0.453 e. The molecule has 3 rings (SSSR count). The van der Waals surface area contributed by atoms with E-state index in [2.05, 4.69) is 25.6 Å². The Balaban J connectivity index is 2.03. The van der Waals surface area contributed by atoms with Crippen molar-refractivity contribution in [2.75, 3.05) is 17.7 Å². The van der Waals surface area contributed by atoms with Gasteiger partial charge in [0.05, 0.1) is 24.7 Å². The van der Waals surface area contributed by atoms with Crippen LogP contribution in [0.4, 0.5) is 16.2 Å². The third kappa shape index (κ3) is 4.79. The first kappa shape index (κ1) is 18.8. The lowest BCUT2D eigenvalue weighted by Crippen LogP contribution is -2.14. The first-order valence-electron chi connectivity index (χ1n) is 8.94. The molecule has 0 spiro atoms. The van der Waals surface area contributed by atoms with Gasteiger partial charge in [0.2, 0.25) is 5.91 Å². The van der Waals surface area contributed by atoms with Gasteiger partial charge in [0.25, 0.3) is 0 Å². The average molecular weight is 369 g/mol. The topological polar surface area (TPSA) is 119 Å². The monoisotopic (exact) mass is 369 g/mol. The molecule has 0 aliphatic carbocycles. The second kappa shape index (κ2) is 8.59. The fourth-order valence-corrected chi connectivity index (χ4v) is 3.04. The molecule has 2 heterocycles. The third-order valence-corrected chi connectivity index (χ3v) is 4.52. The van der Waals surface area contributed by atoms with Gasteiger partial charge in [0, 0.05) is 23.7 Å². The zero-order valence-electron chi connectivity index (χ0n) is 15.2. The molecule has 0 saturated carbocycles. The maximum absolute atomic E-state index is 12.3. The SMILES string of the molecule is COC(=O)Nc1ccc2c(c1)NC(=O)CCCCCC(N)c1cnnc-2c1. The van der Waals surface area contributed by atoms with E-state index in [0.717, 1.165) is 31.2 Å². The second-order valence-corrected chi connectivity index (χ2v) is 6.51. The summed E-state index contributed by atoms with van der Waals surface area (Å²) in [5.74, 6) is -0.0841. The van der Waals surface area contributed by atoms with Gasteiger partial charge in [-0.3, -0.25) is 10.1 Å². The van der Waals surface area contributed by atoms with Crippen molar-refractivity contribution in [2.45, 2.75) is 38.1 Å². The molecule has 0 radical (unpaired) electrons. The van der Waals surface area contributed by atoms with Crippen LogP contribution in [0.25, 0.3) is 11.3 Å². The first-order valence-corrected chi connectivity index (χ1v) is 8.94. The van der Waals surface area contributed by atoms with E-state index in [0.29, 0.717) is 29.1 Å². The number of carbonyl (C=O) groups is 2. The number of amides is 2. The van der Waals surface area contributed by atoms with Crippen molar-refractivity contribution in [2.24, 2.45) is 5.73 Å². The Morgan fingerprint density at radius 3 is 2.96 bits per heavy atom. The number of benzene rings is 1. The van der Waals surface area contributed by atoms with E-state index >= 15 is 0 Å². The predicted molar refractivity (Wildman–Crippen MR) is 102 cm³/mol. The summed E-state index contributed by atoms with van der Waals surface area (Å²) in [5.41, 5.74) is 9.57. The molecule has 8 nitrogen and oxygen atoms in total. The summed E-state index contributed by atoms with van der Waals surface area (Å²) >= 11 is 0. The molecule has 1 aliphatic heterocycles. The molecule has 0 fully saturated rings. The van der Waals surface area contributed by atoms with Crippen molar-refractivity contribution in [3.63, 3.8) is 0 Å². The minimum absolute atomic E-state index is 0.0841. The number of hydrogen-bond acceptors (Lipinski definition) is 6. The molecule has 142 valence electrons. The number of aromatic nitrogens is 2. The van der Waals surface area contributed by atoms with Gasteiger partial charge in [-0.2, -0.15) is 10.2 Å². The van der Waals surface area contributed by atoms with Crippen LogP contribution in [0.5, 0.6) is 0 Å². The quantitative estimate of drug-likeness (QED) is 0.710. The van der Waals surface area contributed by atoms with Gasteiger partial charge < -0.3 is 15.8 Å². The lowest BCUT2D eigenvalue weighted by Gasteiger charge is -2.14. The summed E-state index contributed by atoms with van der Waals surface area (Å²) in [4.78, 5) is 23.8. The highest BCUT2D eigenvalue weighted by atomic mass is 16.5. The third-order valence-electron chi connectivity index (χ3n) is 4.52. The van der Waals surface area contributed by atoms with E-state index < -0.39 is 6.09 Å². The summed E-state index contributed by atoms with van der Waals surface area (Å²) in [6, 6.07) is 6.95. The maximum atomic E-state index is 12.3. The number of nitrogens with two attached hydrogens (primary N) is 1. The fourth-order valence-electron chi connectivity index (χ4n) is 3.04. The molecule has 2 amide bonds. The van der Waals surface area contributed by atoms with Gasteiger partial charge in [0.1, 0.15) is 0 Å².